The zero-order valence-electron chi connectivity index (χ0n) is 12.1. The molecular weight excluding hydrogens is 266 g/mol. The molecule has 3 rings (SSSR count). The largest absolute Gasteiger partial charge is 0.460 e. The Kier molecular flexibility index (Phi) is 3.99. The van der Waals surface area contributed by atoms with Crippen LogP contribution in [0.2, 0.25) is 0 Å². The van der Waals surface area contributed by atoms with Gasteiger partial charge in [0.05, 0.1) is 12.1 Å². The molecule has 1 fully saturated rings. The van der Waals surface area contributed by atoms with Crippen LogP contribution in [0.1, 0.15) is 43.2 Å². The van der Waals surface area contributed by atoms with Crippen LogP contribution in [-0.4, -0.2) is 28.6 Å². The van der Waals surface area contributed by atoms with E-state index in [0.717, 1.165) is 29.6 Å². The van der Waals surface area contributed by atoms with E-state index >= 15 is 0 Å². The minimum Gasteiger partial charge on any atom is -0.460 e. The lowest BCUT2D eigenvalue weighted by Crippen LogP contribution is -2.18. The van der Waals surface area contributed by atoms with Gasteiger partial charge in [-0.1, -0.05) is 25.0 Å². The van der Waals surface area contributed by atoms with Crippen molar-refractivity contribution in [1.29, 1.82) is 0 Å². The average Bonchev–Trinajstić information content (AvgIpc) is 3.00. The number of nitrogens with one attached hydrogen (secondary N) is 1. The second-order valence-electron chi connectivity index (χ2n) is 5.26. The molecule has 1 aromatic carbocycles. The molecule has 0 spiro atoms. The maximum atomic E-state index is 11.9. The maximum Gasteiger partial charge on any atom is 0.376 e. The smallest absolute Gasteiger partial charge is 0.376 e. The van der Waals surface area contributed by atoms with Gasteiger partial charge in [-0.15, -0.1) is 0 Å². The van der Waals surface area contributed by atoms with E-state index in [-0.39, 0.29) is 5.82 Å². The summed E-state index contributed by atoms with van der Waals surface area (Å²) in [5, 5.41) is 4.40. The maximum absolute atomic E-state index is 11.9. The molecular formula is C16H19N3O2. The Hall–Kier alpha value is -2.17. The fourth-order valence-electron chi connectivity index (χ4n) is 2.74. The average molecular weight is 285 g/mol. The van der Waals surface area contributed by atoms with E-state index in [2.05, 4.69) is 15.3 Å². The van der Waals surface area contributed by atoms with Crippen molar-refractivity contribution in [2.24, 2.45) is 0 Å². The summed E-state index contributed by atoms with van der Waals surface area (Å²) in [5.74, 6) is 0.379. The van der Waals surface area contributed by atoms with Crippen LogP contribution in [0, 0.1) is 0 Å². The normalized spacial score (nSPS) is 15.3. The molecule has 110 valence electrons. The van der Waals surface area contributed by atoms with Crippen LogP contribution in [0.25, 0.3) is 10.9 Å². The van der Waals surface area contributed by atoms with Gasteiger partial charge in [-0.05, 0) is 31.9 Å². The van der Waals surface area contributed by atoms with Crippen molar-refractivity contribution in [2.45, 2.75) is 38.6 Å². The molecule has 0 saturated heterocycles. The molecule has 0 radical (unpaired) electrons. The molecule has 1 saturated carbocycles. The van der Waals surface area contributed by atoms with Crippen LogP contribution < -0.4 is 5.32 Å². The van der Waals surface area contributed by atoms with Crippen LogP contribution in [0.5, 0.6) is 0 Å². The number of fused-ring (bicyclic) bond motifs is 1. The van der Waals surface area contributed by atoms with Gasteiger partial charge in [0.1, 0.15) is 5.82 Å². The highest BCUT2D eigenvalue weighted by Crippen LogP contribution is 2.26. The van der Waals surface area contributed by atoms with Crippen LogP contribution in [0.4, 0.5) is 5.82 Å². The monoisotopic (exact) mass is 285 g/mol. The first kappa shape index (κ1) is 13.8. The summed E-state index contributed by atoms with van der Waals surface area (Å²) >= 11 is 0. The lowest BCUT2D eigenvalue weighted by molar-refractivity contribution is 0.0512. The van der Waals surface area contributed by atoms with Gasteiger partial charge in [0.15, 0.2) is 0 Å². The number of carbonyl (C=O) groups excluding carboxylic acids is 1. The molecule has 1 N–H and O–H groups in total. The Balaban J connectivity index is 2.00. The van der Waals surface area contributed by atoms with Crippen molar-refractivity contribution in [3.8, 4) is 0 Å². The van der Waals surface area contributed by atoms with E-state index in [4.69, 9.17) is 4.74 Å². The van der Waals surface area contributed by atoms with E-state index in [0.29, 0.717) is 12.6 Å². The summed E-state index contributed by atoms with van der Waals surface area (Å²) in [5.41, 5.74) is 0.760. The van der Waals surface area contributed by atoms with Crippen LogP contribution in [0.15, 0.2) is 24.3 Å². The van der Waals surface area contributed by atoms with Gasteiger partial charge in [-0.25, -0.2) is 14.8 Å². The fraction of sp³-hybridized carbons (Fsp3) is 0.438. The molecule has 5 heteroatoms. The quantitative estimate of drug-likeness (QED) is 0.874. The summed E-state index contributed by atoms with van der Waals surface area (Å²) in [4.78, 5) is 20.6. The van der Waals surface area contributed by atoms with E-state index in [1.807, 2.05) is 24.3 Å². The number of benzene rings is 1. The van der Waals surface area contributed by atoms with Crippen molar-refractivity contribution < 1.29 is 9.53 Å². The third-order valence-electron chi connectivity index (χ3n) is 3.76. The third-order valence-corrected chi connectivity index (χ3v) is 3.76. The highest BCUT2D eigenvalue weighted by Gasteiger charge is 2.19. The molecule has 5 nitrogen and oxygen atoms in total. The molecule has 1 aliphatic carbocycles. The van der Waals surface area contributed by atoms with Crippen molar-refractivity contribution in [1.82, 2.24) is 9.97 Å². The molecule has 0 bridgehead atoms. The molecule has 1 aromatic heterocycles. The number of esters is 1. The van der Waals surface area contributed by atoms with Crippen LogP contribution >= 0.6 is 0 Å². The first-order chi connectivity index (χ1) is 10.3. The Bertz CT molecular complexity index is 651. The van der Waals surface area contributed by atoms with Gasteiger partial charge in [0.2, 0.25) is 5.82 Å². The van der Waals surface area contributed by atoms with E-state index in [9.17, 15) is 4.79 Å². The van der Waals surface area contributed by atoms with Crippen LogP contribution in [0.3, 0.4) is 0 Å². The first-order valence-electron chi connectivity index (χ1n) is 7.48. The molecule has 1 aliphatic rings. The fourth-order valence-corrected chi connectivity index (χ4v) is 2.74. The van der Waals surface area contributed by atoms with Gasteiger partial charge >= 0.3 is 5.97 Å². The molecule has 1 heterocycles. The van der Waals surface area contributed by atoms with Crippen molar-refractivity contribution in [2.75, 3.05) is 11.9 Å². The molecule has 0 amide bonds. The summed E-state index contributed by atoms with van der Waals surface area (Å²) in [7, 11) is 0. The van der Waals surface area contributed by atoms with Crippen LogP contribution in [-0.2, 0) is 4.74 Å². The summed E-state index contributed by atoms with van der Waals surface area (Å²) in [6, 6.07) is 8.15. The Labute approximate surface area is 123 Å². The van der Waals surface area contributed by atoms with E-state index in [1.54, 1.807) is 6.92 Å². The number of ether oxygens (including phenoxy) is 1. The Morgan fingerprint density at radius 1 is 1.29 bits per heavy atom. The Morgan fingerprint density at radius 3 is 2.81 bits per heavy atom. The number of hydrogen-bond acceptors (Lipinski definition) is 5. The highest BCUT2D eigenvalue weighted by molar-refractivity contribution is 5.94. The number of nitrogens with zero attached hydrogens (tertiary/aromatic N) is 2. The zero-order chi connectivity index (χ0) is 14.7. The topological polar surface area (TPSA) is 64.1 Å². The molecule has 0 aliphatic heterocycles. The van der Waals surface area contributed by atoms with Crippen molar-refractivity contribution >= 4 is 22.7 Å². The second-order valence-corrected chi connectivity index (χ2v) is 5.26. The Morgan fingerprint density at radius 2 is 2.05 bits per heavy atom. The van der Waals surface area contributed by atoms with E-state index < -0.39 is 5.97 Å². The summed E-state index contributed by atoms with van der Waals surface area (Å²) < 4.78 is 5.01. The number of rotatable bonds is 4. The third kappa shape index (κ3) is 2.96. The second kappa shape index (κ2) is 6.08. The number of para-hydroxylation sites is 1. The predicted molar refractivity (Wildman–Crippen MR) is 81.4 cm³/mol. The number of anilines is 1. The zero-order valence-corrected chi connectivity index (χ0v) is 12.1. The van der Waals surface area contributed by atoms with Crippen molar-refractivity contribution in [3.05, 3.63) is 30.1 Å². The molecule has 0 unspecified atom stereocenters. The van der Waals surface area contributed by atoms with Gasteiger partial charge in [0, 0.05) is 11.4 Å². The minimum atomic E-state index is -0.474. The lowest BCUT2D eigenvalue weighted by atomic mass is 10.2. The lowest BCUT2D eigenvalue weighted by Gasteiger charge is -2.15. The predicted octanol–water partition coefficient (Wildman–Crippen LogP) is 3.16. The van der Waals surface area contributed by atoms with Gasteiger partial charge < -0.3 is 10.1 Å². The molecule has 2 aromatic rings. The van der Waals surface area contributed by atoms with Gasteiger partial charge in [-0.2, -0.15) is 0 Å². The highest BCUT2D eigenvalue weighted by atomic mass is 16.5. The number of hydrogen-bond donors (Lipinski definition) is 1. The van der Waals surface area contributed by atoms with Gasteiger partial charge in [0.25, 0.3) is 0 Å². The van der Waals surface area contributed by atoms with Crippen molar-refractivity contribution in [3.63, 3.8) is 0 Å². The minimum absolute atomic E-state index is 0.121. The SMILES string of the molecule is CCOC(=O)c1nc(NC2CCCC2)c2ccccc2n1. The standard InChI is InChI=1S/C16H19N3O2/c1-2-21-16(20)15-18-13-10-6-5-9-12(13)14(19-15)17-11-7-3-4-8-11/h5-6,9-11H,2-4,7-8H2,1H3,(H,17,18,19). The molecule has 0 atom stereocenters. The summed E-state index contributed by atoms with van der Waals surface area (Å²) in [6.45, 7) is 2.09. The molecule has 21 heavy (non-hydrogen) atoms. The number of aromatic nitrogens is 2. The number of carbonyl (C=O) groups is 1. The summed E-state index contributed by atoms with van der Waals surface area (Å²) in [6.07, 6.45) is 4.77. The van der Waals surface area contributed by atoms with Gasteiger partial charge in [-0.3, -0.25) is 0 Å². The first-order valence-corrected chi connectivity index (χ1v) is 7.48. The van der Waals surface area contributed by atoms with E-state index in [1.165, 1.54) is 12.8 Å².